The third-order valence-corrected chi connectivity index (χ3v) is 6.92. The zero-order chi connectivity index (χ0) is 26.6. The lowest BCUT2D eigenvalue weighted by Gasteiger charge is -2.26. The minimum atomic E-state index is -1.48. The number of para-hydroxylation sites is 3. The van der Waals surface area contributed by atoms with Crippen LogP contribution in [0.15, 0.2) is 85.1 Å². The van der Waals surface area contributed by atoms with E-state index in [1.54, 1.807) is 61.5 Å². The van der Waals surface area contributed by atoms with Crippen LogP contribution >= 0.6 is 0 Å². The molecule has 2 aromatic heterocycles. The molecule has 3 heterocycles. The summed E-state index contributed by atoms with van der Waals surface area (Å²) in [6, 6.07) is 21.8. The van der Waals surface area contributed by atoms with E-state index in [2.05, 4.69) is 10.3 Å². The molecule has 8 nitrogen and oxygen atoms in total. The SMILES string of the molecule is COC(=O)n1c2ccccc2c2cc(C(=O)N[C@]3(C)C(=O)N(c4ccccc4F)c4ccccc43)ncc21. The van der Waals surface area contributed by atoms with Crippen LogP contribution in [0.4, 0.5) is 20.6 Å². The van der Waals surface area contributed by atoms with Gasteiger partial charge in [-0.05, 0) is 37.3 Å². The Morgan fingerprint density at radius 2 is 1.61 bits per heavy atom. The molecular weight excluding hydrogens is 487 g/mol. The summed E-state index contributed by atoms with van der Waals surface area (Å²) in [5.74, 6) is -1.65. The Bertz CT molecular complexity index is 1800. The molecule has 1 atom stereocenters. The van der Waals surface area contributed by atoms with E-state index in [1.807, 2.05) is 12.1 Å². The summed E-state index contributed by atoms with van der Waals surface area (Å²) in [6.07, 6.45) is 0.851. The van der Waals surface area contributed by atoms with Crippen molar-refractivity contribution in [2.24, 2.45) is 0 Å². The number of methoxy groups -OCH3 is 1. The topological polar surface area (TPSA) is 93.5 Å². The number of anilines is 2. The van der Waals surface area contributed by atoms with Crippen LogP contribution in [0.3, 0.4) is 0 Å². The number of rotatable bonds is 3. The molecule has 6 rings (SSSR count). The van der Waals surface area contributed by atoms with Crippen LogP contribution in [0, 0.1) is 5.82 Å². The number of nitrogens with one attached hydrogen (secondary N) is 1. The van der Waals surface area contributed by atoms with Crippen molar-refractivity contribution >= 4 is 51.1 Å². The van der Waals surface area contributed by atoms with Crippen molar-refractivity contribution in [3.05, 3.63) is 102 Å². The van der Waals surface area contributed by atoms with Crippen LogP contribution in [-0.4, -0.2) is 34.6 Å². The average Bonchev–Trinajstić information content (AvgIpc) is 3.38. The van der Waals surface area contributed by atoms with Crippen LogP contribution in [0.2, 0.25) is 0 Å². The van der Waals surface area contributed by atoms with Gasteiger partial charge in [0, 0.05) is 16.3 Å². The standard InChI is InChI=1S/C29H21FN4O4/c1-29(19-10-4-7-13-23(19)33(27(29)36)24-14-8-5-11-20(24)30)32-26(35)21-15-18-17-9-3-6-12-22(17)34(28(37)38-2)25(18)16-31-21/h3-16H,1-2H3,(H,32,35)/t29-/m0/s1. The van der Waals surface area contributed by atoms with Crippen molar-refractivity contribution in [3.63, 3.8) is 0 Å². The predicted molar refractivity (Wildman–Crippen MR) is 140 cm³/mol. The molecule has 38 heavy (non-hydrogen) atoms. The summed E-state index contributed by atoms with van der Waals surface area (Å²) < 4.78 is 21.1. The van der Waals surface area contributed by atoms with E-state index >= 15 is 0 Å². The van der Waals surface area contributed by atoms with Gasteiger partial charge in [0.25, 0.3) is 11.8 Å². The predicted octanol–water partition coefficient (Wildman–Crippen LogP) is 5.27. The number of pyridine rings is 1. The Labute approximate surface area is 216 Å². The fourth-order valence-corrected chi connectivity index (χ4v) is 5.10. The minimum absolute atomic E-state index is 0.0566. The first-order chi connectivity index (χ1) is 18.3. The normalized spacial score (nSPS) is 16.6. The van der Waals surface area contributed by atoms with Gasteiger partial charge in [0.15, 0.2) is 0 Å². The highest BCUT2D eigenvalue weighted by atomic mass is 19.1. The molecule has 9 heteroatoms. The second kappa shape index (κ2) is 8.52. The Morgan fingerprint density at radius 3 is 2.37 bits per heavy atom. The van der Waals surface area contributed by atoms with Gasteiger partial charge in [0.1, 0.15) is 17.1 Å². The second-order valence-electron chi connectivity index (χ2n) is 9.10. The quantitative estimate of drug-likeness (QED) is 0.359. The van der Waals surface area contributed by atoms with E-state index in [-0.39, 0.29) is 11.4 Å². The first-order valence-electron chi connectivity index (χ1n) is 11.8. The van der Waals surface area contributed by atoms with Crippen LogP contribution in [-0.2, 0) is 15.1 Å². The van der Waals surface area contributed by atoms with E-state index in [4.69, 9.17) is 4.74 Å². The Hall–Kier alpha value is -5.05. The molecule has 2 amide bonds. The van der Waals surface area contributed by atoms with Gasteiger partial charge < -0.3 is 10.1 Å². The van der Waals surface area contributed by atoms with Crippen molar-refractivity contribution in [2.75, 3.05) is 12.0 Å². The average molecular weight is 509 g/mol. The molecule has 5 aromatic rings. The number of carbonyl (C=O) groups is 3. The fourth-order valence-electron chi connectivity index (χ4n) is 5.10. The maximum Gasteiger partial charge on any atom is 0.418 e. The molecule has 0 unspecified atom stereocenters. The highest BCUT2D eigenvalue weighted by molar-refractivity contribution is 6.16. The van der Waals surface area contributed by atoms with Crippen molar-refractivity contribution in [1.82, 2.24) is 14.9 Å². The summed E-state index contributed by atoms with van der Waals surface area (Å²) in [6.45, 7) is 1.59. The molecular formula is C29H21FN4O4. The number of carbonyl (C=O) groups excluding carboxylic acids is 3. The van der Waals surface area contributed by atoms with Crippen molar-refractivity contribution in [1.29, 1.82) is 0 Å². The van der Waals surface area contributed by atoms with Crippen molar-refractivity contribution in [3.8, 4) is 0 Å². The lowest BCUT2D eigenvalue weighted by molar-refractivity contribution is -0.122. The van der Waals surface area contributed by atoms with Gasteiger partial charge in [-0.25, -0.2) is 18.7 Å². The number of nitrogens with zero attached hydrogens (tertiary/aromatic N) is 3. The van der Waals surface area contributed by atoms with Crippen LogP contribution in [0.1, 0.15) is 23.0 Å². The summed E-state index contributed by atoms with van der Waals surface area (Å²) in [5.41, 5.74) is 0.779. The smallest absolute Gasteiger partial charge is 0.418 e. The first-order valence-corrected chi connectivity index (χ1v) is 11.8. The van der Waals surface area contributed by atoms with Gasteiger partial charge in [-0.3, -0.25) is 14.5 Å². The third kappa shape index (κ3) is 3.28. The molecule has 0 fully saturated rings. The largest absolute Gasteiger partial charge is 0.452 e. The number of hydrogen-bond acceptors (Lipinski definition) is 5. The maximum absolute atomic E-state index is 14.7. The Balaban J connectivity index is 1.42. The second-order valence-corrected chi connectivity index (χ2v) is 9.10. The van der Waals surface area contributed by atoms with E-state index in [1.165, 1.54) is 34.9 Å². The van der Waals surface area contributed by atoms with Crippen molar-refractivity contribution < 1.29 is 23.5 Å². The monoisotopic (exact) mass is 508 g/mol. The Morgan fingerprint density at radius 1 is 0.921 bits per heavy atom. The van der Waals surface area contributed by atoms with E-state index in [9.17, 15) is 18.8 Å². The molecule has 0 aliphatic carbocycles. The molecule has 1 aliphatic heterocycles. The van der Waals surface area contributed by atoms with Crippen LogP contribution in [0.25, 0.3) is 21.8 Å². The minimum Gasteiger partial charge on any atom is -0.452 e. The van der Waals surface area contributed by atoms with E-state index < -0.39 is 29.3 Å². The van der Waals surface area contributed by atoms with Gasteiger partial charge in [0.05, 0.1) is 35.7 Å². The molecule has 1 aliphatic rings. The van der Waals surface area contributed by atoms with Gasteiger partial charge in [-0.2, -0.15) is 0 Å². The lowest BCUT2D eigenvalue weighted by Crippen LogP contribution is -2.50. The summed E-state index contributed by atoms with van der Waals surface area (Å²) in [4.78, 5) is 45.4. The molecule has 0 saturated carbocycles. The zero-order valence-corrected chi connectivity index (χ0v) is 20.4. The van der Waals surface area contributed by atoms with Gasteiger partial charge in [-0.1, -0.05) is 48.5 Å². The number of benzene rings is 3. The van der Waals surface area contributed by atoms with Gasteiger partial charge in [-0.15, -0.1) is 0 Å². The number of amides is 2. The molecule has 188 valence electrons. The van der Waals surface area contributed by atoms with E-state index in [0.717, 1.165) is 5.39 Å². The van der Waals surface area contributed by atoms with Gasteiger partial charge in [0.2, 0.25) is 0 Å². The number of halogens is 1. The number of fused-ring (bicyclic) bond motifs is 4. The molecule has 0 spiro atoms. The molecule has 0 bridgehead atoms. The molecule has 1 N–H and O–H groups in total. The van der Waals surface area contributed by atoms with Crippen LogP contribution in [0.5, 0.6) is 0 Å². The van der Waals surface area contributed by atoms with Gasteiger partial charge >= 0.3 is 6.09 Å². The van der Waals surface area contributed by atoms with Crippen molar-refractivity contribution in [2.45, 2.75) is 12.5 Å². The Kier molecular flexibility index (Phi) is 5.23. The summed E-state index contributed by atoms with van der Waals surface area (Å²) >= 11 is 0. The first kappa shape index (κ1) is 23.4. The fraction of sp³-hybridized carbons (Fsp3) is 0.103. The molecule has 3 aromatic carbocycles. The highest BCUT2D eigenvalue weighted by Gasteiger charge is 2.49. The van der Waals surface area contributed by atoms with E-state index in [0.29, 0.717) is 27.7 Å². The summed E-state index contributed by atoms with van der Waals surface area (Å²) in [7, 11) is 1.29. The number of aromatic nitrogens is 2. The zero-order valence-electron chi connectivity index (χ0n) is 20.4. The summed E-state index contributed by atoms with van der Waals surface area (Å²) in [5, 5.41) is 4.20. The third-order valence-electron chi connectivity index (χ3n) is 6.92. The number of hydrogen-bond donors (Lipinski definition) is 1. The highest BCUT2D eigenvalue weighted by Crippen LogP contribution is 2.44. The van der Waals surface area contributed by atoms with Crippen LogP contribution < -0.4 is 10.2 Å². The molecule has 0 radical (unpaired) electrons. The maximum atomic E-state index is 14.7. The molecule has 0 saturated heterocycles. The number of ether oxygens (including phenoxy) is 1. The lowest BCUT2D eigenvalue weighted by atomic mass is 9.93.